The Morgan fingerprint density at radius 1 is 1.52 bits per heavy atom. The maximum absolute atomic E-state index is 13.3. The van der Waals surface area contributed by atoms with Gasteiger partial charge in [-0.15, -0.1) is 11.3 Å². The fraction of sp³-hybridized carbons (Fsp3) is 0.357. The molecule has 112 valence electrons. The summed E-state index contributed by atoms with van der Waals surface area (Å²) in [5, 5.41) is 0.595. The number of benzene rings is 1. The third-order valence-corrected chi connectivity index (χ3v) is 4.84. The van der Waals surface area contributed by atoms with Gasteiger partial charge in [0.15, 0.2) is 5.13 Å². The molecule has 1 aromatic carbocycles. The number of ether oxygens (including phenoxy) is 1. The molecule has 0 aliphatic carbocycles. The average Bonchev–Trinajstić information content (AvgIpc) is 2.87. The number of nitrogens with two attached hydrogens (primary N) is 1. The predicted molar refractivity (Wildman–Crippen MR) is 84.6 cm³/mol. The molecule has 1 atom stereocenters. The largest absolute Gasteiger partial charge is 0.375 e. The van der Waals surface area contributed by atoms with Crippen LogP contribution in [0.3, 0.4) is 0 Å². The molecule has 0 amide bonds. The van der Waals surface area contributed by atoms with Gasteiger partial charge in [0.05, 0.1) is 17.2 Å². The summed E-state index contributed by atoms with van der Waals surface area (Å²) in [5.41, 5.74) is 6.64. The zero-order valence-corrected chi connectivity index (χ0v) is 13.7. The minimum atomic E-state index is -0.258. The molecule has 1 fully saturated rings. The van der Waals surface area contributed by atoms with Crippen molar-refractivity contribution in [1.82, 2.24) is 9.88 Å². The smallest absolute Gasteiger partial charge is 0.180 e. The van der Waals surface area contributed by atoms with E-state index < -0.39 is 0 Å². The van der Waals surface area contributed by atoms with Crippen molar-refractivity contribution in [2.24, 2.45) is 0 Å². The van der Waals surface area contributed by atoms with E-state index in [-0.39, 0.29) is 11.9 Å². The number of nitrogen functional groups attached to an aromatic ring is 1. The van der Waals surface area contributed by atoms with E-state index in [9.17, 15) is 4.39 Å². The highest BCUT2D eigenvalue weighted by molar-refractivity contribution is 9.10. The van der Waals surface area contributed by atoms with Crippen molar-refractivity contribution < 1.29 is 9.13 Å². The summed E-state index contributed by atoms with van der Waals surface area (Å²) in [7, 11) is 0. The molecular formula is C14H15BrFN3OS. The Balaban J connectivity index is 1.68. The van der Waals surface area contributed by atoms with Crippen molar-refractivity contribution in [3.63, 3.8) is 0 Å². The van der Waals surface area contributed by atoms with Crippen molar-refractivity contribution in [2.75, 3.05) is 25.4 Å². The topological polar surface area (TPSA) is 51.4 Å². The van der Waals surface area contributed by atoms with Crippen LogP contribution in [0.4, 0.5) is 9.52 Å². The predicted octanol–water partition coefficient (Wildman–Crippen LogP) is 3.20. The standard InChI is InChI=1S/C14H15BrFN3OS/c15-11-5-9(1-2-12(11)16)13-8-19(3-4-20-13)7-10-6-18-14(17)21-10/h1-2,5-6,13H,3-4,7-8H2,(H2,17,18). The first-order chi connectivity index (χ1) is 10.1. The van der Waals surface area contributed by atoms with E-state index in [1.807, 2.05) is 6.20 Å². The lowest BCUT2D eigenvalue weighted by Crippen LogP contribution is -2.37. The van der Waals surface area contributed by atoms with Crippen LogP contribution in [-0.4, -0.2) is 29.6 Å². The fourth-order valence-corrected chi connectivity index (χ4v) is 3.50. The van der Waals surface area contributed by atoms with Gasteiger partial charge in [0.2, 0.25) is 0 Å². The molecule has 2 aromatic rings. The van der Waals surface area contributed by atoms with Crippen LogP contribution in [0.2, 0.25) is 0 Å². The molecule has 1 aliphatic heterocycles. The van der Waals surface area contributed by atoms with Gasteiger partial charge in [0, 0.05) is 30.7 Å². The quantitative estimate of drug-likeness (QED) is 0.899. The molecule has 1 aromatic heterocycles. The molecule has 3 rings (SSSR count). The van der Waals surface area contributed by atoms with Crippen molar-refractivity contribution in [1.29, 1.82) is 0 Å². The number of hydrogen-bond acceptors (Lipinski definition) is 5. The normalized spacial score (nSPS) is 19.8. The molecule has 21 heavy (non-hydrogen) atoms. The fourth-order valence-electron chi connectivity index (χ4n) is 2.38. The maximum atomic E-state index is 13.3. The highest BCUT2D eigenvalue weighted by Gasteiger charge is 2.23. The van der Waals surface area contributed by atoms with Gasteiger partial charge in [0.25, 0.3) is 0 Å². The van der Waals surface area contributed by atoms with Gasteiger partial charge in [0.1, 0.15) is 5.82 Å². The third-order valence-electron chi connectivity index (χ3n) is 3.42. The van der Waals surface area contributed by atoms with E-state index in [4.69, 9.17) is 10.5 Å². The second-order valence-corrected chi connectivity index (χ2v) is 6.93. The van der Waals surface area contributed by atoms with Crippen LogP contribution >= 0.6 is 27.3 Å². The van der Waals surface area contributed by atoms with Crippen LogP contribution in [-0.2, 0) is 11.3 Å². The Hall–Kier alpha value is -1.02. The molecule has 4 nitrogen and oxygen atoms in total. The van der Waals surface area contributed by atoms with Crippen molar-refractivity contribution in [2.45, 2.75) is 12.6 Å². The molecule has 0 bridgehead atoms. The van der Waals surface area contributed by atoms with Crippen LogP contribution in [0.5, 0.6) is 0 Å². The number of halogens is 2. The Bertz CT molecular complexity index is 636. The number of nitrogens with zero attached hydrogens (tertiary/aromatic N) is 2. The zero-order valence-electron chi connectivity index (χ0n) is 11.3. The SMILES string of the molecule is Nc1ncc(CN2CCOC(c3ccc(F)c(Br)c3)C2)s1. The number of hydrogen-bond donors (Lipinski definition) is 1. The first-order valence-corrected chi connectivity index (χ1v) is 8.22. The molecule has 0 radical (unpaired) electrons. The van der Waals surface area contributed by atoms with Crippen molar-refractivity contribution >= 4 is 32.4 Å². The number of morpholine rings is 1. The number of anilines is 1. The summed E-state index contributed by atoms with van der Waals surface area (Å²) in [6.45, 7) is 3.12. The Morgan fingerprint density at radius 3 is 3.10 bits per heavy atom. The Morgan fingerprint density at radius 2 is 2.38 bits per heavy atom. The molecule has 2 heterocycles. The molecule has 0 saturated carbocycles. The third kappa shape index (κ3) is 3.60. The monoisotopic (exact) mass is 371 g/mol. The number of rotatable bonds is 3. The van der Waals surface area contributed by atoms with Gasteiger partial charge in [-0.2, -0.15) is 0 Å². The summed E-state index contributed by atoms with van der Waals surface area (Å²) in [6.07, 6.45) is 1.78. The summed E-state index contributed by atoms with van der Waals surface area (Å²) in [5.74, 6) is -0.258. The summed E-state index contributed by atoms with van der Waals surface area (Å²) in [6, 6.07) is 5.03. The first-order valence-electron chi connectivity index (χ1n) is 6.61. The lowest BCUT2D eigenvalue weighted by atomic mass is 10.1. The van der Waals surface area contributed by atoms with E-state index >= 15 is 0 Å². The molecule has 0 spiro atoms. The summed E-state index contributed by atoms with van der Waals surface area (Å²) >= 11 is 4.73. The van der Waals surface area contributed by atoms with Crippen LogP contribution < -0.4 is 5.73 Å². The lowest BCUT2D eigenvalue weighted by molar-refractivity contribution is -0.0326. The maximum Gasteiger partial charge on any atom is 0.180 e. The van der Waals surface area contributed by atoms with Gasteiger partial charge in [-0.05, 0) is 33.6 Å². The van der Waals surface area contributed by atoms with Crippen molar-refractivity contribution in [3.05, 3.63) is 45.1 Å². The van der Waals surface area contributed by atoms with Crippen LogP contribution in [0.15, 0.2) is 28.9 Å². The van der Waals surface area contributed by atoms with Crippen LogP contribution in [0.25, 0.3) is 0 Å². The van der Waals surface area contributed by atoms with Gasteiger partial charge < -0.3 is 10.5 Å². The summed E-state index contributed by atoms with van der Waals surface area (Å²) < 4.78 is 19.6. The summed E-state index contributed by atoms with van der Waals surface area (Å²) in [4.78, 5) is 7.52. The number of thiazole rings is 1. The van der Waals surface area contributed by atoms with E-state index in [0.717, 1.165) is 30.1 Å². The van der Waals surface area contributed by atoms with E-state index in [2.05, 4.69) is 25.8 Å². The Kier molecular flexibility index (Phi) is 4.54. The van der Waals surface area contributed by atoms with Crippen LogP contribution in [0, 0.1) is 5.82 Å². The second kappa shape index (κ2) is 6.39. The minimum Gasteiger partial charge on any atom is -0.375 e. The van der Waals surface area contributed by atoms with Gasteiger partial charge >= 0.3 is 0 Å². The average molecular weight is 372 g/mol. The highest BCUT2D eigenvalue weighted by atomic mass is 79.9. The van der Waals surface area contributed by atoms with Crippen LogP contribution in [0.1, 0.15) is 16.5 Å². The molecule has 2 N–H and O–H groups in total. The number of aromatic nitrogens is 1. The minimum absolute atomic E-state index is 0.0408. The zero-order chi connectivity index (χ0) is 14.8. The molecule has 1 saturated heterocycles. The highest BCUT2D eigenvalue weighted by Crippen LogP contribution is 2.27. The first kappa shape index (κ1) is 14.9. The van der Waals surface area contributed by atoms with E-state index in [1.54, 1.807) is 12.1 Å². The molecular weight excluding hydrogens is 357 g/mol. The van der Waals surface area contributed by atoms with Gasteiger partial charge in [-0.3, -0.25) is 4.90 Å². The Labute approximate surface area is 134 Å². The molecule has 1 unspecified atom stereocenters. The van der Waals surface area contributed by atoms with Gasteiger partial charge in [-0.1, -0.05) is 6.07 Å². The van der Waals surface area contributed by atoms with Gasteiger partial charge in [-0.25, -0.2) is 9.37 Å². The molecule has 1 aliphatic rings. The van der Waals surface area contributed by atoms with Crippen molar-refractivity contribution in [3.8, 4) is 0 Å². The second-order valence-electron chi connectivity index (χ2n) is 4.93. The molecule has 7 heteroatoms. The van der Waals surface area contributed by atoms with E-state index in [1.165, 1.54) is 17.4 Å². The van der Waals surface area contributed by atoms with E-state index in [0.29, 0.717) is 16.2 Å². The lowest BCUT2D eigenvalue weighted by Gasteiger charge is -2.32.